The smallest absolute Gasteiger partial charge is 0.115 e. The molecule has 78 valence electrons. The maximum absolute atomic E-state index is 9.49. The van der Waals surface area contributed by atoms with Crippen LogP contribution in [0.5, 0.6) is 0 Å². The average Bonchev–Trinajstić information content (AvgIpc) is 2.52. The Kier molecular flexibility index (Phi) is 4.16. The first-order valence-electron chi connectivity index (χ1n) is 5.22. The number of aliphatic hydroxyl groups excluding tert-OH is 1. The molecule has 1 N–H and O–H groups in total. The highest BCUT2D eigenvalue weighted by Crippen LogP contribution is 2.23. The summed E-state index contributed by atoms with van der Waals surface area (Å²) in [5, 5.41) is 9.49. The van der Waals surface area contributed by atoms with E-state index in [1.807, 2.05) is 4.90 Å². The molecule has 0 aromatic carbocycles. The maximum Gasteiger partial charge on any atom is 0.115 e. The van der Waals surface area contributed by atoms with Gasteiger partial charge in [0, 0.05) is 6.54 Å². The van der Waals surface area contributed by atoms with Gasteiger partial charge in [-0.05, 0) is 19.3 Å². The summed E-state index contributed by atoms with van der Waals surface area (Å²) in [6.07, 6.45) is 2.08. The van der Waals surface area contributed by atoms with Crippen LogP contribution in [0.4, 0.5) is 0 Å². The van der Waals surface area contributed by atoms with E-state index in [0.717, 1.165) is 19.6 Å². The number of aliphatic hydroxyl groups is 1. The van der Waals surface area contributed by atoms with E-state index in [1.54, 1.807) is 6.92 Å². The summed E-state index contributed by atoms with van der Waals surface area (Å²) in [5.41, 5.74) is 0. The van der Waals surface area contributed by atoms with Crippen LogP contribution < -0.4 is 0 Å². The molecular weight excluding hydrogens is 166 g/mol. The zero-order valence-electron chi connectivity index (χ0n) is 8.86. The summed E-state index contributed by atoms with van der Waals surface area (Å²) in [6, 6.07) is 0. The predicted molar refractivity (Wildman–Crippen MR) is 52.2 cm³/mol. The summed E-state index contributed by atoms with van der Waals surface area (Å²) in [5.74, 6) is 0.516. The van der Waals surface area contributed by atoms with Crippen LogP contribution >= 0.6 is 0 Å². The summed E-state index contributed by atoms with van der Waals surface area (Å²) < 4.78 is 5.61. The molecule has 3 unspecified atom stereocenters. The fraction of sp³-hybridized carbons (Fsp3) is 1.00. The minimum atomic E-state index is -0.383. The van der Waals surface area contributed by atoms with Crippen LogP contribution in [0.3, 0.4) is 0 Å². The first-order valence-corrected chi connectivity index (χ1v) is 5.22. The van der Waals surface area contributed by atoms with E-state index >= 15 is 0 Å². The molecule has 0 aromatic heterocycles. The van der Waals surface area contributed by atoms with E-state index < -0.39 is 0 Å². The lowest BCUT2D eigenvalue weighted by Gasteiger charge is -2.29. The van der Waals surface area contributed by atoms with Crippen LogP contribution in [-0.4, -0.2) is 35.6 Å². The second-order valence-corrected chi connectivity index (χ2v) is 3.90. The van der Waals surface area contributed by atoms with Crippen molar-refractivity contribution >= 4 is 0 Å². The molecule has 3 atom stereocenters. The Morgan fingerprint density at radius 1 is 1.54 bits per heavy atom. The molecule has 13 heavy (non-hydrogen) atoms. The van der Waals surface area contributed by atoms with E-state index in [1.165, 1.54) is 6.42 Å². The van der Waals surface area contributed by atoms with Crippen LogP contribution in [0.2, 0.25) is 0 Å². The summed E-state index contributed by atoms with van der Waals surface area (Å²) >= 11 is 0. The SMILES string of the molecule is CCCC(C)C1OCCN1C(C)O. The van der Waals surface area contributed by atoms with Gasteiger partial charge in [-0.15, -0.1) is 0 Å². The van der Waals surface area contributed by atoms with Gasteiger partial charge in [-0.1, -0.05) is 20.3 Å². The Balaban J connectivity index is 2.47. The molecule has 1 saturated heterocycles. The Hall–Kier alpha value is -0.120. The lowest BCUT2D eigenvalue weighted by Crippen LogP contribution is -2.41. The highest BCUT2D eigenvalue weighted by atomic mass is 16.5. The van der Waals surface area contributed by atoms with Gasteiger partial charge >= 0.3 is 0 Å². The molecule has 3 nitrogen and oxygen atoms in total. The molecule has 0 amide bonds. The lowest BCUT2D eigenvalue weighted by atomic mass is 10.0. The van der Waals surface area contributed by atoms with Crippen molar-refractivity contribution in [2.24, 2.45) is 5.92 Å². The molecular formula is C10H21NO2. The van der Waals surface area contributed by atoms with Crippen molar-refractivity contribution in [2.45, 2.75) is 46.1 Å². The van der Waals surface area contributed by atoms with E-state index in [0.29, 0.717) is 5.92 Å². The van der Waals surface area contributed by atoms with Gasteiger partial charge in [0.15, 0.2) is 0 Å². The number of nitrogens with zero attached hydrogens (tertiary/aromatic N) is 1. The second kappa shape index (κ2) is 4.94. The van der Waals surface area contributed by atoms with Gasteiger partial charge in [0.1, 0.15) is 12.5 Å². The lowest BCUT2D eigenvalue weighted by molar-refractivity contribution is -0.0807. The van der Waals surface area contributed by atoms with Crippen molar-refractivity contribution in [3.8, 4) is 0 Å². The molecule has 0 saturated carbocycles. The van der Waals surface area contributed by atoms with Gasteiger partial charge in [0.25, 0.3) is 0 Å². The molecule has 1 heterocycles. The monoisotopic (exact) mass is 187 g/mol. The molecule has 0 aromatic rings. The number of rotatable bonds is 4. The highest BCUT2D eigenvalue weighted by molar-refractivity contribution is 4.74. The number of ether oxygens (including phenoxy) is 1. The third-order valence-corrected chi connectivity index (χ3v) is 2.68. The highest BCUT2D eigenvalue weighted by Gasteiger charge is 2.31. The summed E-state index contributed by atoms with van der Waals surface area (Å²) in [6.45, 7) is 7.79. The maximum atomic E-state index is 9.49. The molecule has 3 heteroatoms. The van der Waals surface area contributed by atoms with Crippen LogP contribution in [0.25, 0.3) is 0 Å². The Labute approximate surface area is 80.7 Å². The third kappa shape index (κ3) is 2.66. The Bertz CT molecular complexity index is 150. The van der Waals surface area contributed by atoms with E-state index in [4.69, 9.17) is 4.74 Å². The predicted octanol–water partition coefficient (Wildman–Crippen LogP) is 1.42. The third-order valence-electron chi connectivity index (χ3n) is 2.68. The molecule has 0 radical (unpaired) electrons. The van der Waals surface area contributed by atoms with Crippen molar-refractivity contribution < 1.29 is 9.84 Å². The molecule has 1 fully saturated rings. The van der Waals surface area contributed by atoms with Crippen LogP contribution in [0, 0.1) is 5.92 Å². The minimum Gasteiger partial charge on any atom is -0.379 e. The van der Waals surface area contributed by atoms with Crippen molar-refractivity contribution in [3.63, 3.8) is 0 Å². The molecule has 1 rings (SSSR count). The standard InChI is InChI=1S/C10H21NO2/c1-4-5-8(2)10-11(9(3)12)6-7-13-10/h8-10,12H,4-7H2,1-3H3. The average molecular weight is 187 g/mol. The van der Waals surface area contributed by atoms with Gasteiger partial charge in [0.05, 0.1) is 6.61 Å². The van der Waals surface area contributed by atoms with Crippen molar-refractivity contribution in [1.82, 2.24) is 4.90 Å². The van der Waals surface area contributed by atoms with Crippen LogP contribution in [0.1, 0.15) is 33.6 Å². The van der Waals surface area contributed by atoms with Gasteiger partial charge in [-0.3, -0.25) is 4.90 Å². The Morgan fingerprint density at radius 3 is 2.77 bits per heavy atom. The van der Waals surface area contributed by atoms with E-state index in [-0.39, 0.29) is 12.5 Å². The fourth-order valence-electron chi connectivity index (χ4n) is 1.99. The van der Waals surface area contributed by atoms with Gasteiger partial charge in [0.2, 0.25) is 0 Å². The fourth-order valence-corrected chi connectivity index (χ4v) is 1.99. The second-order valence-electron chi connectivity index (χ2n) is 3.90. The molecule has 0 bridgehead atoms. The largest absolute Gasteiger partial charge is 0.379 e. The van der Waals surface area contributed by atoms with E-state index in [2.05, 4.69) is 13.8 Å². The quantitative estimate of drug-likeness (QED) is 0.722. The van der Waals surface area contributed by atoms with Gasteiger partial charge in [-0.2, -0.15) is 0 Å². The summed E-state index contributed by atoms with van der Waals surface area (Å²) in [7, 11) is 0. The van der Waals surface area contributed by atoms with Crippen LogP contribution in [0.15, 0.2) is 0 Å². The van der Waals surface area contributed by atoms with E-state index in [9.17, 15) is 5.11 Å². The zero-order chi connectivity index (χ0) is 9.84. The van der Waals surface area contributed by atoms with Gasteiger partial charge in [-0.25, -0.2) is 0 Å². The van der Waals surface area contributed by atoms with Crippen molar-refractivity contribution in [1.29, 1.82) is 0 Å². The first-order chi connectivity index (χ1) is 6.16. The van der Waals surface area contributed by atoms with Crippen LogP contribution in [-0.2, 0) is 4.74 Å². The molecule has 1 aliphatic heterocycles. The van der Waals surface area contributed by atoms with Crippen molar-refractivity contribution in [2.75, 3.05) is 13.2 Å². The number of hydrogen-bond donors (Lipinski definition) is 1. The number of hydrogen-bond acceptors (Lipinski definition) is 3. The van der Waals surface area contributed by atoms with Gasteiger partial charge < -0.3 is 9.84 Å². The topological polar surface area (TPSA) is 32.7 Å². The molecule has 0 spiro atoms. The molecule has 1 aliphatic rings. The summed E-state index contributed by atoms with van der Waals surface area (Å²) in [4.78, 5) is 2.03. The minimum absolute atomic E-state index is 0.125. The zero-order valence-corrected chi connectivity index (χ0v) is 8.86. The first kappa shape index (κ1) is 11.0. The Morgan fingerprint density at radius 2 is 2.23 bits per heavy atom. The normalized spacial score (nSPS) is 29.1. The molecule has 0 aliphatic carbocycles. The van der Waals surface area contributed by atoms with Crippen molar-refractivity contribution in [3.05, 3.63) is 0 Å².